The van der Waals surface area contributed by atoms with Crippen LogP contribution in [0.1, 0.15) is 64.8 Å². The molecule has 0 saturated carbocycles. The number of para-hydroxylation sites is 1. The number of anilines is 3. The first-order valence-electron chi connectivity index (χ1n) is 21.1. The number of methoxy groups -OCH3 is 1. The van der Waals surface area contributed by atoms with Gasteiger partial charge in [0, 0.05) is 73.6 Å². The molecule has 0 bridgehead atoms. The third-order valence-corrected chi connectivity index (χ3v) is 12.2. The number of nitrogens with zero attached hydrogens (tertiary/aromatic N) is 5. The summed E-state index contributed by atoms with van der Waals surface area (Å²) in [6.07, 6.45) is 6.68. The Bertz CT molecular complexity index is 2540. The van der Waals surface area contributed by atoms with E-state index < -0.39 is 29.7 Å². The van der Waals surface area contributed by atoms with Gasteiger partial charge in [-0.25, -0.2) is 9.97 Å². The normalized spacial score (nSPS) is 16.7. The van der Waals surface area contributed by atoms with Gasteiger partial charge in [0.1, 0.15) is 11.8 Å². The molecule has 3 aromatic carbocycles. The van der Waals surface area contributed by atoms with Gasteiger partial charge in [0.05, 0.1) is 67.1 Å². The molecule has 5 aromatic rings. The van der Waals surface area contributed by atoms with Gasteiger partial charge in [-0.15, -0.1) is 0 Å². The Labute approximate surface area is 369 Å². The zero-order valence-electron chi connectivity index (χ0n) is 35.2. The molecular weight excluding hydrogens is 828 g/mol. The third kappa shape index (κ3) is 9.38. The van der Waals surface area contributed by atoms with Crippen molar-refractivity contribution in [2.24, 2.45) is 0 Å². The zero-order chi connectivity index (χ0) is 44.0. The predicted molar refractivity (Wildman–Crippen MR) is 236 cm³/mol. The molecule has 2 aromatic heterocycles. The van der Waals surface area contributed by atoms with Crippen molar-refractivity contribution in [2.75, 3.05) is 63.9 Å². The van der Waals surface area contributed by atoms with E-state index in [0.29, 0.717) is 66.2 Å². The second-order valence-corrected chi connectivity index (χ2v) is 16.1. The average molecular weight is 877 g/mol. The van der Waals surface area contributed by atoms with Crippen molar-refractivity contribution in [2.45, 2.75) is 57.0 Å². The molecule has 1 atom stereocenters. The molecule has 8 rings (SSSR count). The standard InChI is InChI=1S/C46H49ClN8O8/c1-53(40(57)18-22-63-24-23-62-21-6-8-28-7-5-10-32-41(28)45(60)55(44(32)59)37-14-15-39(56)51-43(37)58)29-16-19-54(20-17-29)30-12-13-36(38(25-30)61-2)50-46-49-27-34(47)42(52-46)33-26-48-35-11-4-3-9-31(33)35/h3-5,7,9-13,25-27,29,37,48H,6,8,14-24H2,1-2H3,(H,49,50,52)(H,51,56,58). The van der Waals surface area contributed by atoms with Crippen molar-refractivity contribution in [3.8, 4) is 17.0 Å². The molecule has 2 fully saturated rings. The van der Waals surface area contributed by atoms with E-state index >= 15 is 0 Å². The number of amides is 5. The molecule has 328 valence electrons. The zero-order valence-corrected chi connectivity index (χ0v) is 35.9. The number of rotatable bonds is 17. The highest BCUT2D eigenvalue weighted by molar-refractivity contribution is 6.33. The molecule has 0 aliphatic carbocycles. The molecule has 5 heterocycles. The SMILES string of the molecule is COc1cc(N2CCC(N(C)C(=O)CCOCCOCCCc3cccc4c3C(=O)N(C3CCC(=O)NC3=O)C4=O)CC2)ccc1Nc1ncc(Cl)c(-c2c[nH]c3ccccc23)n1. The van der Waals surface area contributed by atoms with Gasteiger partial charge in [-0.05, 0) is 61.9 Å². The number of aromatic amines is 1. The summed E-state index contributed by atoms with van der Waals surface area (Å²) in [6, 6.07) is 18.2. The van der Waals surface area contributed by atoms with Crippen molar-refractivity contribution in [1.29, 1.82) is 0 Å². The van der Waals surface area contributed by atoms with E-state index in [2.05, 4.69) is 25.5 Å². The number of aryl methyl sites for hydroxylation is 1. The van der Waals surface area contributed by atoms with Crippen molar-refractivity contribution in [3.63, 3.8) is 0 Å². The Morgan fingerprint density at radius 3 is 2.52 bits per heavy atom. The van der Waals surface area contributed by atoms with Crippen molar-refractivity contribution >= 4 is 69.4 Å². The monoisotopic (exact) mass is 876 g/mol. The van der Waals surface area contributed by atoms with Crippen molar-refractivity contribution in [1.82, 2.24) is 30.1 Å². The first-order chi connectivity index (χ1) is 30.6. The summed E-state index contributed by atoms with van der Waals surface area (Å²) < 4.78 is 17.2. The Hall–Kier alpha value is -6.36. The maximum Gasteiger partial charge on any atom is 0.262 e. The first kappa shape index (κ1) is 43.3. The van der Waals surface area contributed by atoms with E-state index in [-0.39, 0.29) is 43.4 Å². The number of halogens is 1. The molecule has 63 heavy (non-hydrogen) atoms. The van der Waals surface area contributed by atoms with Crippen LogP contribution >= 0.6 is 11.6 Å². The van der Waals surface area contributed by atoms with Gasteiger partial charge in [0.15, 0.2) is 0 Å². The molecule has 5 amide bonds. The Morgan fingerprint density at radius 1 is 0.937 bits per heavy atom. The number of carbonyl (C=O) groups is 5. The number of nitrogens with one attached hydrogen (secondary N) is 3. The summed E-state index contributed by atoms with van der Waals surface area (Å²) in [5, 5.41) is 6.98. The molecule has 3 aliphatic rings. The van der Waals surface area contributed by atoms with Gasteiger partial charge < -0.3 is 34.3 Å². The maximum atomic E-state index is 13.3. The van der Waals surface area contributed by atoms with Crippen LogP contribution in [-0.4, -0.2) is 120 Å². The number of ether oxygens (including phenoxy) is 3. The fraction of sp³-hybridized carbons (Fsp3) is 0.370. The van der Waals surface area contributed by atoms with E-state index in [1.54, 1.807) is 31.5 Å². The summed E-state index contributed by atoms with van der Waals surface area (Å²) in [7, 11) is 3.49. The largest absolute Gasteiger partial charge is 0.494 e. The summed E-state index contributed by atoms with van der Waals surface area (Å²) in [4.78, 5) is 81.1. The lowest BCUT2D eigenvalue weighted by Crippen LogP contribution is -2.54. The summed E-state index contributed by atoms with van der Waals surface area (Å²) in [5.41, 5.74) is 5.52. The van der Waals surface area contributed by atoms with Crippen LogP contribution in [0.5, 0.6) is 5.75 Å². The fourth-order valence-electron chi connectivity index (χ4n) is 8.51. The number of aromatic nitrogens is 3. The van der Waals surface area contributed by atoms with Crippen LogP contribution in [0.15, 0.2) is 73.1 Å². The molecule has 1 unspecified atom stereocenters. The third-order valence-electron chi connectivity index (χ3n) is 11.9. The molecule has 0 spiro atoms. The van der Waals surface area contributed by atoms with Crippen LogP contribution in [0, 0.1) is 0 Å². The lowest BCUT2D eigenvalue weighted by atomic mass is 9.99. The summed E-state index contributed by atoms with van der Waals surface area (Å²) in [6.45, 7) is 2.93. The quantitative estimate of drug-likeness (QED) is 0.0741. The molecule has 3 N–H and O–H groups in total. The molecule has 0 radical (unpaired) electrons. The number of H-pyrrole nitrogens is 1. The highest BCUT2D eigenvalue weighted by Gasteiger charge is 2.45. The van der Waals surface area contributed by atoms with Crippen LogP contribution in [0.4, 0.5) is 17.3 Å². The summed E-state index contributed by atoms with van der Waals surface area (Å²) in [5.74, 6) is -1.01. The van der Waals surface area contributed by atoms with E-state index in [4.69, 9.17) is 30.8 Å². The average Bonchev–Trinajstić information content (AvgIpc) is 3.84. The van der Waals surface area contributed by atoms with Crippen LogP contribution in [0.2, 0.25) is 5.02 Å². The highest BCUT2D eigenvalue weighted by Crippen LogP contribution is 2.36. The number of hydrogen-bond donors (Lipinski definition) is 3. The van der Waals surface area contributed by atoms with E-state index in [0.717, 1.165) is 58.7 Å². The topological polar surface area (TPSA) is 188 Å². The van der Waals surface area contributed by atoms with Gasteiger partial charge in [-0.3, -0.25) is 34.2 Å². The highest BCUT2D eigenvalue weighted by atomic mass is 35.5. The van der Waals surface area contributed by atoms with Gasteiger partial charge in [0.25, 0.3) is 11.8 Å². The Kier molecular flexibility index (Phi) is 13.3. The smallest absolute Gasteiger partial charge is 0.262 e. The number of benzene rings is 3. The van der Waals surface area contributed by atoms with Crippen LogP contribution in [0.3, 0.4) is 0 Å². The lowest BCUT2D eigenvalue weighted by molar-refractivity contribution is -0.136. The van der Waals surface area contributed by atoms with Crippen LogP contribution in [-0.2, 0) is 30.3 Å². The van der Waals surface area contributed by atoms with Gasteiger partial charge >= 0.3 is 0 Å². The molecular formula is C46H49ClN8O8. The number of fused-ring (bicyclic) bond motifs is 2. The fourth-order valence-corrected chi connectivity index (χ4v) is 8.71. The lowest BCUT2D eigenvalue weighted by Gasteiger charge is -2.38. The Morgan fingerprint density at radius 2 is 1.73 bits per heavy atom. The van der Waals surface area contributed by atoms with E-state index in [1.165, 1.54) is 0 Å². The number of carbonyl (C=O) groups excluding carboxylic acids is 5. The second-order valence-electron chi connectivity index (χ2n) is 15.7. The second kappa shape index (κ2) is 19.4. The minimum atomic E-state index is -1.00. The van der Waals surface area contributed by atoms with Gasteiger partial charge in [-0.1, -0.05) is 41.9 Å². The summed E-state index contributed by atoms with van der Waals surface area (Å²) >= 11 is 6.55. The van der Waals surface area contributed by atoms with Gasteiger partial charge in [-0.2, -0.15) is 0 Å². The van der Waals surface area contributed by atoms with Crippen LogP contribution in [0.25, 0.3) is 22.2 Å². The minimum Gasteiger partial charge on any atom is -0.494 e. The van der Waals surface area contributed by atoms with Gasteiger partial charge in [0.2, 0.25) is 23.7 Å². The number of piperidine rings is 2. The molecule has 17 heteroatoms. The predicted octanol–water partition coefficient (Wildman–Crippen LogP) is 5.92. The minimum absolute atomic E-state index is 0.0309. The Balaban J connectivity index is 0.734. The molecule has 3 aliphatic heterocycles. The number of hydrogen-bond acceptors (Lipinski definition) is 12. The van der Waals surface area contributed by atoms with Crippen LogP contribution < -0.4 is 20.3 Å². The number of imide groups is 2. The molecule has 2 saturated heterocycles. The first-order valence-corrected chi connectivity index (χ1v) is 21.5. The van der Waals surface area contributed by atoms with E-state index in [9.17, 15) is 24.0 Å². The van der Waals surface area contributed by atoms with Crippen molar-refractivity contribution < 1.29 is 38.2 Å². The molecule has 16 nitrogen and oxygen atoms in total. The van der Waals surface area contributed by atoms with Crippen molar-refractivity contribution in [3.05, 3.63) is 94.8 Å². The maximum absolute atomic E-state index is 13.3. The van der Waals surface area contributed by atoms with E-state index in [1.807, 2.05) is 60.6 Å².